The van der Waals surface area contributed by atoms with E-state index in [0.29, 0.717) is 43.9 Å². The van der Waals surface area contributed by atoms with Gasteiger partial charge >= 0.3 is 0 Å². The minimum Gasteiger partial charge on any atom is -0.366 e. The Bertz CT molecular complexity index is 934. The predicted octanol–water partition coefficient (Wildman–Crippen LogP) is 1.07. The molecule has 2 aliphatic rings. The number of imidazole rings is 1. The van der Waals surface area contributed by atoms with Gasteiger partial charge in [0.25, 0.3) is 0 Å². The first-order valence-corrected chi connectivity index (χ1v) is 9.50. The van der Waals surface area contributed by atoms with Crippen LogP contribution >= 0.6 is 0 Å². The van der Waals surface area contributed by atoms with Crippen molar-refractivity contribution in [3.05, 3.63) is 41.2 Å². The summed E-state index contributed by atoms with van der Waals surface area (Å²) < 4.78 is 0. The Labute approximate surface area is 162 Å². The van der Waals surface area contributed by atoms with Crippen LogP contribution < -0.4 is 5.73 Å². The van der Waals surface area contributed by atoms with E-state index < -0.39 is 11.9 Å². The first-order chi connectivity index (χ1) is 13.4. The number of likely N-dealkylation sites (tertiary alicyclic amines) is 1. The highest BCUT2D eigenvalue weighted by Crippen LogP contribution is 2.24. The van der Waals surface area contributed by atoms with Crippen molar-refractivity contribution in [1.29, 1.82) is 0 Å². The van der Waals surface area contributed by atoms with Gasteiger partial charge in [-0.05, 0) is 25.5 Å². The predicted molar refractivity (Wildman–Crippen MR) is 102 cm³/mol. The van der Waals surface area contributed by atoms with Crippen LogP contribution in [0.5, 0.6) is 0 Å². The van der Waals surface area contributed by atoms with Crippen molar-refractivity contribution in [3.8, 4) is 11.4 Å². The summed E-state index contributed by atoms with van der Waals surface area (Å²) >= 11 is 0. The second-order valence-corrected chi connectivity index (χ2v) is 7.33. The molecule has 3 heterocycles. The summed E-state index contributed by atoms with van der Waals surface area (Å²) in [6.45, 7) is 3.50. The Balaban J connectivity index is 1.49. The number of carbonyl (C=O) groups excluding carboxylic acids is 3. The molecule has 0 bridgehead atoms. The standard InChI is InChI=1S/C20H23N5O3/c1-12(25-9-2-3-17(25)26)20(28)24-10-8-15-16(11-24)23-19(22-15)14-6-4-13(5-7-14)18(21)27/h4-7,12H,2-3,8-11H2,1H3,(H2,21,27)(H,22,23)/t12-/m1/s1. The van der Waals surface area contributed by atoms with E-state index in [1.54, 1.807) is 41.0 Å². The van der Waals surface area contributed by atoms with Gasteiger partial charge in [0, 0.05) is 37.1 Å². The summed E-state index contributed by atoms with van der Waals surface area (Å²) in [6, 6.07) is 6.51. The second-order valence-electron chi connectivity index (χ2n) is 7.33. The number of nitrogens with one attached hydrogen (secondary N) is 1. The van der Waals surface area contributed by atoms with Gasteiger partial charge in [0.15, 0.2) is 0 Å². The van der Waals surface area contributed by atoms with Gasteiger partial charge in [-0.3, -0.25) is 14.4 Å². The van der Waals surface area contributed by atoms with E-state index in [2.05, 4.69) is 9.97 Å². The molecule has 0 spiro atoms. The molecule has 8 heteroatoms. The lowest BCUT2D eigenvalue weighted by atomic mass is 10.1. The molecule has 28 heavy (non-hydrogen) atoms. The first-order valence-electron chi connectivity index (χ1n) is 9.50. The van der Waals surface area contributed by atoms with Crippen LogP contribution in [0, 0.1) is 0 Å². The number of aromatic amines is 1. The zero-order chi connectivity index (χ0) is 19.8. The normalized spacial score (nSPS) is 17.5. The van der Waals surface area contributed by atoms with Crippen molar-refractivity contribution >= 4 is 17.7 Å². The Morgan fingerprint density at radius 2 is 1.93 bits per heavy atom. The van der Waals surface area contributed by atoms with Crippen LogP contribution in [-0.2, 0) is 22.6 Å². The van der Waals surface area contributed by atoms with Crippen LogP contribution in [-0.4, -0.2) is 56.6 Å². The van der Waals surface area contributed by atoms with Crippen molar-refractivity contribution < 1.29 is 14.4 Å². The maximum absolute atomic E-state index is 12.9. The highest BCUT2D eigenvalue weighted by molar-refractivity contribution is 5.93. The molecule has 0 radical (unpaired) electrons. The van der Waals surface area contributed by atoms with Crippen molar-refractivity contribution in [2.75, 3.05) is 13.1 Å². The van der Waals surface area contributed by atoms with Crippen molar-refractivity contribution in [1.82, 2.24) is 19.8 Å². The van der Waals surface area contributed by atoms with Crippen molar-refractivity contribution in [2.24, 2.45) is 5.73 Å². The fourth-order valence-corrected chi connectivity index (χ4v) is 3.89. The summed E-state index contributed by atoms with van der Waals surface area (Å²) in [5.74, 6) is 0.271. The van der Waals surface area contributed by atoms with Gasteiger partial charge in [0.1, 0.15) is 11.9 Å². The number of fused-ring (bicyclic) bond motifs is 1. The zero-order valence-corrected chi connectivity index (χ0v) is 15.8. The third-order valence-corrected chi connectivity index (χ3v) is 5.52. The minimum atomic E-state index is -0.468. The molecule has 0 saturated carbocycles. The van der Waals surface area contributed by atoms with Crippen LogP contribution in [0.3, 0.4) is 0 Å². The Morgan fingerprint density at radius 1 is 1.18 bits per heavy atom. The number of rotatable bonds is 4. The Morgan fingerprint density at radius 3 is 2.57 bits per heavy atom. The van der Waals surface area contributed by atoms with Gasteiger partial charge in [-0.1, -0.05) is 12.1 Å². The average Bonchev–Trinajstić information content (AvgIpc) is 3.32. The number of hydrogen-bond donors (Lipinski definition) is 2. The molecule has 1 aromatic heterocycles. The molecule has 3 amide bonds. The third kappa shape index (κ3) is 3.26. The van der Waals surface area contributed by atoms with Gasteiger partial charge in [-0.15, -0.1) is 0 Å². The van der Waals surface area contributed by atoms with Gasteiger partial charge in [-0.25, -0.2) is 4.98 Å². The van der Waals surface area contributed by atoms with E-state index >= 15 is 0 Å². The van der Waals surface area contributed by atoms with Crippen molar-refractivity contribution in [2.45, 2.75) is 38.8 Å². The van der Waals surface area contributed by atoms with Crippen molar-refractivity contribution in [3.63, 3.8) is 0 Å². The topological polar surface area (TPSA) is 112 Å². The van der Waals surface area contributed by atoms with Crippen LogP contribution in [0.2, 0.25) is 0 Å². The maximum atomic E-state index is 12.9. The largest absolute Gasteiger partial charge is 0.366 e. The quantitative estimate of drug-likeness (QED) is 0.825. The minimum absolute atomic E-state index is 0.0251. The Kier molecular flexibility index (Phi) is 4.62. The summed E-state index contributed by atoms with van der Waals surface area (Å²) in [5.41, 5.74) is 8.44. The molecule has 1 aromatic carbocycles. The number of carbonyl (C=O) groups is 3. The SMILES string of the molecule is C[C@H](C(=O)N1CCc2nc(-c3ccc(C(N)=O)cc3)[nH]c2C1)N1CCCC1=O. The highest BCUT2D eigenvalue weighted by atomic mass is 16.2. The number of amides is 3. The third-order valence-electron chi connectivity index (χ3n) is 5.52. The zero-order valence-electron chi connectivity index (χ0n) is 15.8. The number of aromatic nitrogens is 2. The molecule has 146 valence electrons. The van der Waals surface area contributed by atoms with E-state index in [4.69, 9.17) is 5.73 Å². The second kappa shape index (κ2) is 7.10. The summed E-state index contributed by atoms with van der Waals surface area (Å²) in [7, 11) is 0. The first kappa shape index (κ1) is 18.2. The van der Waals surface area contributed by atoms with Gasteiger partial charge in [-0.2, -0.15) is 0 Å². The van der Waals surface area contributed by atoms with Crippen LogP contribution in [0.4, 0.5) is 0 Å². The number of nitrogens with two attached hydrogens (primary N) is 1. The van der Waals surface area contributed by atoms with E-state index in [0.717, 1.165) is 23.4 Å². The lowest BCUT2D eigenvalue weighted by Gasteiger charge is -2.32. The van der Waals surface area contributed by atoms with E-state index in [1.165, 1.54) is 0 Å². The lowest BCUT2D eigenvalue weighted by Crippen LogP contribution is -2.49. The average molecular weight is 381 g/mol. The monoisotopic (exact) mass is 381 g/mol. The van der Waals surface area contributed by atoms with Crippen LogP contribution in [0.25, 0.3) is 11.4 Å². The molecule has 2 aromatic rings. The van der Waals surface area contributed by atoms with Gasteiger partial charge < -0.3 is 20.5 Å². The van der Waals surface area contributed by atoms with Crippen LogP contribution in [0.1, 0.15) is 41.5 Å². The molecule has 0 unspecified atom stereocenters. The number of H-pyrrole nitrogens is 1. The summed E-state index contributed by atoms with van der Waals surface area (Å²) in [4.78, 5) is 47.4. The number of nitrogens with zero attached hydrogens (tertiary/aromatic N) is 3. The lowest BCUT2D eigenvalue weighted by molar-refractivity contribution is -0.143. The molecular formula is C20H23N5O3. The fourth-order valence-electron chi connectivity index (χ4n) is 3.89. The molecule has 1 saturated heterocycles. The van der Waals surface area contributed by atoms with Gasteiger partial charge in [0.2, 0.25) is 17.7 Å². The fraction of sp³-hybridized carbons (Fsp3) is 0.400. The Hall–Kier alpha value is -3.16. The summed E-state index contributed by atoms with van der Waals surface area (Å²) in [5, 5.41) is 0. The maximum Gasteiger partial charge on any atom is 0.248 e. The van der Waals surface area contributed by atoms with E-state index in [-0.39, 0.29) is 11.8 Å². The van der Waals surface area contributed by atoms with E-state index in [9.17, 15) is 14.4 Å². The van der Waals surface area contributed by atoms with Crippen LogP contribution in [0.15, 0.2) is 24.3 Å². The number of benzene rings is 1. The molecule has 3 N–H and O–H groups in total. The molecular weight excluding hydrogens is 358 g/mol. The van der Waals surface area contributed by atoms with E-state index in [1.807, 2.05) is 0 Å². The molecule has 1 atom stereocenters. The molecule has 1 fully saturated rings. The number of primary amides is 1. The molecule has 4 rings (SSSR count). The molecule has 0 aliphatic carbocycles. The molecule has 2 aliphatic heterocycles. The highest BCUT2D eigenvalue weighted by Gasteiger charge is 2.33. The molecule has 8 nitrogen and oxygen atoms in total. The van der Waals surface area contributed by atoms with Gasteiger partial charge in [0.05, 0.1) is 17.9 Å². The summed E-state index contributed by atoms with van der Waals surface area (Å²) in [6.07, 6.45) is 2.01. The smallest absolute Gasteiger partial charge is 0.248 e. The number of hydrogen-bond acceptors (Lipinski definition) is 4.